The number of ether oxygens (including phenoxy) is 2. The number of carbonyl (C=O) groups is 1. The molecule has 0 saturated heterocycles. The highest BCUT2D eigenvalue weighted by Crippen LogP contribution is 2.34. The molecule has 6 nitrogen and oxygen atoms in total. The zero-order valence-electron chi connectivity index (χ0n) is 17.8. The molecular weight excluding hydrogens is 442 g/mol. The van der Waals surface area contributed by atoms with Gasteiger partial charge in [-0.3, -0.25) is 10.1 Å². The van der Waals surface area contributed by atoms with E-state index in [-0.39, 0.29) is 11.0 Å². The summed E-state index contributed by atoms with van der Waals surface area (Å²) >= 11 is 7.03. The SMILES string of the molecule is COc1ccc(C(=O)NC(=S)Nc2cccc(-c3nc4ccccc4s3)c2C)cc1OC. The summed E-state index contributed by atoms with van der Waals surface area (Å²) < 4.78 is 11.6. The van der Waals surface area contributed by atoms with E-state index in [1.54, 1.807) is 36.6 Å². The Kier molecular flexibility index (Phi) is 6.34. The molecule has 8 heteroatoms. The topological polar surface area (TPSA) is 72.5 Å². The van der Waals surface area contributed by atoms with Gasteiger partial charge in [0.15, 0.2) is 16.6 Å². The number of anilines is 1. The molecule has 0 saturated carbocycles. The predicted molar refractivity (Wildman–Crippen MR) is 133 cm³/mol. The third kappa shape index (κ3) is 4.42. The minimum Gasteiger partial charge on any atom is -0.493 e. The van der Waals surface area contributed by atoms with Crippen LogP contribution in [0, 0.1) is 6.92 Å². The van der Waals surface area contributed by atoms with Gasteiger partial charge in [-0.05, 0) is 61.1 Å². The van der Waals surface area contributed by atoms with Crippen molar-refractivity contribution in [1.29, 1.82) is 0 Å². The molecule has 0 atom stereocenters. The summed E-state index contributed by atoms with van der Waals surface area (Å²) in [5.74, 6) is 0.675. The zero-order chi connectivity index (χ0) is 22.7. The second-order valence-corrected chi connectivity index (χ2v) is 8.38. The van der Waals surface area contributed by atoms with Gasteiger partial charge in [0.2, 0.25) is 0 Å². The average Bonchev–Trinajstić information content (AvgIpc) is 3.23. The summed E-state index contributed by atoms with van der Waals surface area (Å²) in [4.78, 5) is 17.4. The molecule has 3 aromatic carbocycles. The third-order valence-electron chi connectivity index (χ3n) is 4.98. The van der Waals surface area contributed by atoms with Crippen molar-refractivity contribution in [2.45, 2.75) is 6.92 Å². The van der Waals surface area contributed by atoms with Gasteiger partial charge < -0.3 is 14.8 Å². The smallest absolute Gasteiger partial charge is 0.257 e. The number of para-hydroxylation sites is 1. The summed E-state index contributed by atoms with van der Waals surface area (Å²) in [7, 11) is 3.06. The lowest BCUT2D eigenvalue weighted by Gasteiger charge is -2.14. The molecule has 4 rings (SSSR count). The van der Waals surface area contributed by atoms with Gasteiger partial charge in [0.1, 0.15) is 5.01 Å². The number of hydrogen-bond acceptors (Lipinski definition) is 6. The lowest BCUT2D eigenvalue weighted by atomic mass is 10.1. The standard InChI is InChI=1S/C24H21N3O3S2/c1-14-16(23-25-18-8-4-5-10-21(18)32-23)7-6-9-17(14)26-24(31)27-22(28)15-11-12-19(29-2)20(13-15)30-3/h4-13H,1-3H3,(H2,26,27,28,31). The summed E-state index contributed by atoms with van der Waals surface area (Å²) in [5, 5.41) is 6.98. The first-order valence-corrected chi connectivity index (χ1v) is 11.0. The quantitative estimate of drug-likeness (QED) is 0.385. The van der Waals surface area contributed by atoms with Crippen LogP contribution in [0.25, 0.3) is 20.8 Å². The van der Waals surface area contributed by atoms with Crippen molar-refractivity contribution in [2.24, 2.45) is 0 Å². The number of amides is 1. The summed E-state index contributed by atoms with van der Waals surface area (Å²) in [6.07, 6.45) is 0. The van der Waals surface area contributed by atoms with E-state index in [0.717, 1.165) is 32.0 Å². The molecular formula is C24H21N3O3S2. The molecule has 0 bridgehead atoms. The van der Waals surface area contributed by atoms with Crippen molar-refractivity contribution >= 4 is 50.5 Å². The maximum absolute atomic E-state index is 12.6. The number of fused-ring (bicyclic) bond motifs is 1. The molecule has 0 aliphatic carbocycles. The highest BCUT2D eigenvalue weighted by atomic mass is 32.1. The van der Waals surface area contributed by atoms with Crippen LogP contribution in [0.5, 0.6) is 11.5 Å². The number of benzene rings is 3. The van der Waals surface area contributed by atoms with Crippen molar-refractivity contribution in [3.63, 3.8) is 0 Å². The van der Waals surface area contributed by atoms with Gasteiger partial charge in [-0.15, -0.1) is 11.3 Å². The molecule has 0 unspecified atom stereocenters. The van der Waals surface area contributed by atoms with Crippen molar-refractivity contribution in [2.75, 3.05) is 19.5 Å². The number of thiazole rings is 1. The van der Waals surface area contributed by atoms with Crippen molar-refractivity contribution in [1.82, 2.24) is 10.3 Å². The van der Waals surface area contributed by atoms with E-state index in [1.165, 1.54) is 7.11 Å². The van der Waals surface area contributed by atoms with Crippen LogP contribution in [0.2, 0.25) is 0 Å². The Bertz CT molecular complexity index is 1280. The Morgan fingerprint density at radius 1 is 1.00 bits per heavy atom. The fourth-order valence-electron chi connectivity index (χ4n) is 3.30. The van der Waals surface area contributed by atoms with E-state index in [9.17, 15) is 4.79 Å². The Morgan fingerprint density at radius 3 is 2.53 bits per heavy atom. The second-order valence-electron chi connectivity index (χ2n) is 6.94. The zero-order valence-corrected chi connectivity index (χ0v) is 19.4. The molecule has 0 aliphatic heterocycles. The molecule has 1 heterocycles. The van der Waals surface area contributed by atoms with Crippen molar-refractivity contribution in [3.05, 3.63) is 71.8 Å². The normalized spacial score (nSPS) is 10.6. The van der Waals surface area contributed by atoms with Gasteiger partial charge in [0.25, 0.3) is 5.91 Å². The minimum absolute atomic E-state index is 0.203. The average molecular weight is 464 g/mol. The lowest BCUT2D eigenvalue weighted by molar-refractivity contribution is 0.0977. The van der Waals surface area contributed by atoms with Crippen LogP contribution in [-0.2, 0) is 0 Å². The van der Waals surface area contributed by atoms with Crippen LogP contribution >= 0.6 is 23.6 Å². The van der Waals surface area contributed by atoms with Crippen LogP contribution in [0.15, 0.2) is 60.7 Å². The first-order chi connectivity index (χ1) is 15.5. The van der Waals surface area contributed by atoms with Crippen LogP contribution in [-0.4, -0.2) is 30.2 Å². The third-order valence-corrected chi connectivity index (χ3v) is 6.25. The van der Waals surface area contributed by atoms with E-state index in [0.29, 0.717) is 17.1 Å². The second kappa shape index (κ2) is 9.33. The monoisotopic (exact) mass is 463 g/mol. The van der Waals surface area contributed by atoms with Gasteiger partial charge in [-0.2, -0.15) is 0 Å². The Labute approximate surface area is 195 Å². The van der Waals surface area contributed by atoms with Crippen LogP contribution in [0.3, 0.4) is 0 Å². The summed E-state index contributed by atoms with van der Waals surface area (Å²) in [6.45, 7) is 2.00. The van der Waals surface area contributed by atoms with Gasteiger partial charge >= 0.3 is 0 Å². The summed E-state index contributed by atoms with van der Waals surface area (Å²) in [6, 6.07) is 18.9. The van der Waals surface area contributed by atoms with Crippen LogP contribution in [0.1, 0.15) is 15.9 Å². The molecule has 32 heavy (non-hydrogen) atoms. The molecule has 0 radical (unpaired) electrons. The Hall–Kier alpha value is -3.49. The number of aromatic nitrogens is 1. The fraction of sp³-hybridized carbons (Fsp3) is 0.125. The fourth-order valence-corrected chi connectivity index (χ4v) is 4.55. The maximum atomic E-state index is 12.6. The largest absolute Gasteiger partial charge is 0.493 e. The number of hydrogen-bond donors (Lipinski definition) is 2. The lowest BCUT2D eigenvalue weighted by Crippen LogP contribution is -2.34. The number of rotatable bonds is 5. The molecule has 0 aliphatic rings. The molecule has 1 aromatic heterocycles. The first-order valence-electron chi connectivity index (χ1n) is 9.80. The van der Waals surface area contributed by atoms with Gasteiger partial charge in [-0.1, -0.05) is 24.3 Å². The highest BCUT2D eigenvalue weighted by Gasteiger charge is 2.14. The molecule has 0 spiro atoms. The Balaban J connectivity index is 1.51. The number of nitrogens with one attached hydrogen (secondary N) is 2. The van der Waals surface area contributed by atoms with Gasteiger partial charge in [-0.25, -0.2) is 4.98 Å². The van der Waals surface area contributed by atoms with E-state index in [1.807, 2.05) is 43.3 Å². The predicted octanol–water partition coefficient (Wildman–Crippen LogP) is 5.42. The number of nitrogens with zero attached hydrogens (tertiary/aromatic N) is 1. The van der Waals surface area contributed by atoms with Crippen LogP contribution < -0.4 is 20.1 Å². The Morgan fingerprint density at radius 2 is 1.78 bits per heavy atom. The number of carbonyl (C=O) groups excluding carboxylic acids is 1. The number of thiocarbonyl (C=S) groups is 1. The van der Waals surface area contributed by atoms with Crippen molar-refractivity contribution in [3.8, 4) is 22.1 Å². The van der Waals surface area contributed by atoms with E-state index in [4.69, 9.17) is 26.7 Å². The molecule has 162 valence electrons. The molecule has 0 fully saturated rings. The van der Waals surface area contributed by atoms with E-state index >= 15 is 0 Å². The first kappa shape index (κ1) is 21.7. The minimum atomic E-state index is -0.344. The van der Waals surface area contributed by atoms with Crippen molar-refractivity contribution < 1.29 is 14.3 Å². The maximum Gasteiger partial charge on any atom is 0.257 e. The number of methoxy groups -OCH3 is 2. The summed E-state index contributed by atoms with van der Waals surface area (Å²) in [5.41, 5.74) is 4.20. The van der Waals surface area contributed by atoms with Gasteiger partial charge in [0, 0.05) is 16.8 Å². The van der Waals surface area contributed by atoms with Crippen LogP contribution in [0.4, 0.5) is 5.69 Å². The highest BCUT2D eigenvalue weighted by molar-refractivity contribution is 7.80. The van der Waals surface area contributed by atoms with E-state index < -0.39 is 0 Å². The molecule has 2 N–H and O–H groups in total. The molecule has 1 amide bonds. The van der Waals surface area contributed by atoms with Gasteiger partial charge in [0.05, 0.1) is 24.4 Å². The molecule has 4 aromatic rings. The van der Waals surface area contributed by atoms with E-state index in [2.05, 4.69) is 16.7 Å².